The Morgan fingerprint density at radius 2 is 1.83 bits per heavy atom. The third-order valence-electron chi connectivity index (χ3n) is 1.04. The molecule has 0 saturated carbocycles. The number of phenolic OH excluding ortho intramolecular Hbond substituents is 1. The van der Waals surface area contributed by atoms with Gasteiger partial charge < -0.3 is 5.11 Å². The van der Waals surface area contributed by atoms with Crippen molar-refractivity contribution < 1.29 is 9.90 Å². The number of ketones is 1. The fourth-order valence-corrected chi connectivity index (χ4v) is 0.428. The lowest BCUT2D eigenvalue weighted by molar-refractivity contribution is -0.112. The summed E-state index contributed by atoms with van der Waals surface area (Å²) in [4.78, 5) is 9.69. The second kappa shape index (κ2) is 6.16. The number of phenols is 1. The molecular formula is C10H12O2. The Kier molecular flexibility index (Phi) is 5.35. The Hall–Kier alpha value is -1.57. The van der Waals surface area contributed by atoms with E-state index in [2.05, 4.69) is 6.58 Å². The largest absolute Gasteiger partial charge is 0.508 e. The minimum absolute atomic E-state index is 0.0185. The van der Waals surface area contributed by atoms with Gasteiger partial charge in [0.05, 0.1) is 0 Å². The highest BCUT2D eigenvalue weighted by molar-refractivity contribution is 5.86. The molecule has 0 atom stereocenters. The zero-order valence-electron chi connectivity index (χ0n) is 7.03. The van der Waals surface area contributed by atoms with E-state index in [4.69, 9.17) is 5.11 Å². The van der Waals surface area contributed by atoms with Gasteiger partial charge in [0, 0.05) is 0 Å². The Morgan fingerprint density at radius 1 is 1.42 bits per heavy atom. The number of para-hydroxylation sites is 1. The fourth-order valence-electron chi connectivity index (χ4n) is 0.428. The van der Waals surface area contributed by atoms with Crippen molar-refractivity contribution in [2.45, 2.75) is 6.92 Å². The number of allylic oxidation sites excluding steroid dienone is 1. The van der Waals surface area contributed by atoms with Gasteiger partial charge in [-0.2, -0.15) is 0 Å². The first kappa shape index (κ1) is 10.4. The van der Waals surface area contributed by atoms with Gasteiger partial charge in [-0.25, -0.2) is 0 Å². The summed E-state index contributed by atoms with van der Waals surface area (Å²) >= 11 is 0. The first-order valence-electron chi connectivity index (χ1n) is 3.54. The van der Waals surface area contributed by atoms with Crippen molar-refractivity contribution in [1.82, 2.24) is 0 Å². The van der Waals surface area contributed by atoms with Gasteiger partial charge in [0.1, 0.15) is 5.75 Å². The van der Waals surface area contributed by atoms with E-state index in [1.165, 1.54) is 13.0 Å². The molecule has 0 bridgehead atoms. The maximum absolute atomic E-state index is 9.69. The summed E-state index contributed by atoms with van der Waals surface area (Å²) < 4.78 is 0. The Bertz CT molecular complexity index is 239. The van der Waals surface area contributed by atoms with Gasteiger partial charge in [-0.15, -0.1) is 0 Å². The number of aromatic hydroxyl groups is 1. The third-order valence-corrected chi connectivity index (χ3v) is 1.04. The van der Waals surface area contributed by atoms with E-state index >= 15 is 0 Å². The van der Waals surface area contributed by atoms with Crippen molar-refractivity contribution in [2.24, 2.45) is 0 Å². The van der Waals surface area contributed by atoms with Crippen LogP contribution in [0.1, 0.15) is 6.92 Å². The summed E-state index contributed by atoms with van der Waals surface area (Å²) in [6.07, 6.45) is 1.28. The molecule has 0 unspecified atom stereocenters. The molecule has 0 heterocycles. The van der Waals surface area contributed by atoms with Crippen LogP contribution in [0.2, 0.25) is 0 Å². The zero-order chi connectivity index (χ0) is 9.40. The average Bonchev–Trinajstić information content (AvgIpc) is 2.07. The molecule has 1 rings (SSSR count). The number of hydrogen-bond acceptors (Lipinski definition) is 2. The molecule has 0 aromatic heterocycles. The van der Waals surface area contributed by atoms with Crippen LogP contribution in [0.5, 0.6) is 5.75 Å². The van der Waals surface area contributed by atoms with Crippen LogP contribution in [0.25, 0.3) is 0 Å². The Labute approximate surface area is 72.2 Å². The third kappa shape index (κ3) is 6.55. The molecule has 0 fully saturated rings. The Balaban J connectivity index is 0.000000217. The van der Waals surface area contributed by atoms with E-state index in [-0.39, 0.29) is 5.78 Å². The summed E-state index contributed by atoms with van der Waals surface area (Å²) in [5.74, 6) is 0.340. The molecular weight excluding hydrogens is 152 g/mol. The molecule has 2 nitrogen and oxygen atoms in total. The monoisotopic (exact) mass is 164 g/mol. The number of carbonyl (C=O) groups excluding carboxylic acids is 1. The first-order valence-corrected chi connectivity index (χ1v) is 3.54. The summed E-state index contributed by atoms with van der Waals surface area (Å²) in [5, 5.41) is 8.63. The van der Waals surface area contributed by atoms with E-state index in [0.29, 0.717) is 5.75 Å². The molecule has 0 amide bonds. The van der Waals surface area contributed by atoms with Crippen LogP contribution in [-0.4, -0.2) is 10.9 Å². The SMILES string of the molecule is C=CC(C)=O.Oc1ccccc1. The van der Waals surface area contributed by atoms with Crippen molar-refractivity contribution in [3.8, 4) is 5.75 Å². The second-order valence-corrected chi connectivity index (χ2v) is 2.15. The smallest absolute Gasteiger partial charge is 0.152 e. The van der Waals surface area contributed by atoms with Gasteiger partial charge >= 0.3 is 0 Å². The van der Waals surface area contributed by atoms with Gasteiger partial charge in [0.2, 0.25) is 0 Å². The second-order valence-electron chi connectivity index (χ2n) is 2.15. The molecule has 0 radical (unpaired) electrons. The van der Waals surface area contributed by atoms with Crippen molar-refractivity contribution in [2.75, 3.05) is 0 Å². The van der Waals surface area contributed by atoms with E-state index < -0.39 is 0 Å². The number of rotatable bonds is 1. The minimum Gasteiger partial charge on any atom is -0.508 e. The highest BCUT2D eigenvalue weighted by Crippen LogP contribution is 2.02. The average molecular weight is 164 g/mol. The van der Waals surface area contributed by atoms with Gasteiger partial charge in [0.15, 0.2) is 5.78 Å². The lowest BCUT2D eigenvalue weighted by Gasteiger charge is -1.82. The van der Waals surface area contributed by atoms with Crippen LogP contribution in [0.15, 0.2) is 43.0 Å². The number of hydrogen-bond donors (Lipinski definition) is 1. The van der Waals surface area contributed by atoms with Crippen molar-refractivity contribution in [3.05, 3.63) is 43.0 Å². The highest BCUT2D eigenvalue weighted by atomic mass is 16.3. The summed E-state index contributed by atoms with van der Waals surface area (Å²) in [5.41, 5.74) is 0. The standard InChI is InChI=1S/C6H6O.C4H6O/c7-6-4-2-1-3-5-6;1-3-4(2)5/h1-5,7H;3H,1H2,2H3. The molecule has 2 heteroatoms. The lowest BCUT2D eigenvalue weighted by Crippen LogP contribution is -1.74. The van der Waals surface area contributed by atoms with E-state index in [1.807, 2.05) is 6.07 Å². The van der Waals surface area contributed by atoms with Gasteiger partial charge in [-0.3, -0.25) is 4.79 Å². The lowest BCUT2D eigenvalue weighted by atomic mass is 10.3. The molecule has 0 aliphatic heterocycles. The molecule has 0 saturated heterocycles. The predicted molar refractivity (Wildman–Crippen MR) is 49.0 cm³/mol. The molecule has 0 spiro atoms. The van der Waals surface area contributed by atoms with E-state index in [1.54, 1.807) is 24.3 Å². The van der Waals surface area contributed by atoms with Crippen molar-refractivity contribution in [1.29, 1.82) is 0 Å². The molecule has 12 heavy (non-hydrogen) atoms. The highest BCUT2D eigenvalue weighted by Gasteiger charge is 1.74. The summed E-state index contributed by atoms with van der Waals surface area (Å²) in [6, 6.07) is 8.71. The maximum atomic E-state index is 9.69. The minimum atomic E-state index is 0.0185. The topological polar surface area (TPSA) is 37.3 Å². The molecule has 1 N–H and O–H groups in total. The van der Waals surface area contributed by atoms with E-state index in [9.17, 15) is 4.79 Å². The molecule has 64 valence electrons. The van der Waals surface area contributed by atoms with Crippen LogP contribution < -0.4 is 0 Å². The van der Waals surface area contributed by atoms with Crippen LogP contribution in [0.4, 0.5) is 0 Å². The van der Waals surface area contributed by atoms with Crippen LogP contribution in [0.3, 0.4) is 0 Å². The van der Waals surface area contributed by atoms with Crippen LogP contribution >= 0.6 is 0 Å². The fraction of sp³-hybridized carbons (Fsp3) is 0.100. The maximum Gasteiger partial charge on any atom is 0.152 e. The molecule has 0 aliphatic rings. The molecule has 1 aromatic carbocycles. The summed E-state index contributed by atoms with van der Waals surface area (Å²) in [7, 11) is 0. The van der Waals surface area contributed by atoms with Crippen molar-refractivity contribution in [3.63, 3.8) is 0 Å². The van der Waals surface area contributed by atoms with E-state index in [0.717, 1.165) is 0 Å². The molecule has 1 aromatic rings. The van der Waals surface area contributed by atoms with Crippen LogP contribution in [0, 0.1) is 0 Å². The first-order chi connectivity index (χ1) is 5.66. The summed E-state index contributed by atoms with van der Waals surface area (Å²) in [6.45, 7) is 4.68. The van der Waals surface area contributed by atoms with Gasteiger partial charge in [-0.1, -0.05) is 24.8 Å². The van der Waals surface area contributed by atoms with Crippen molar-refractivity contribution >= 4 is 5.78 Å². The number of benzene rings is 1. The van der Waals surface area contributed by atoms with Crippen LogP contribution in [-0.2, 0) is 4.79 Å². The van der Waals surface area contributed by atoms with Gasteiger partial charge in [0.25, 0.3) is 0 Å². The van der Waals surface area contributed by atoms with Gasteiger partial charge in [-0.05, 0) is 25.1 Å². The zero-order valence-corrected chi connectivity index (χ0v) is 7.03. The normalized spacial score (nSPS) is 7.75. The quantitative estimate of drug-likeness (QED) is 0.646. The Morgan fingerprint density at radius 3 is 2.00 bits per heavy atom. The number of carbonyl (C=O) groups is 1. The predicted octanol–water partition coefficient (Wildman–Crippen LogP) is 2.15. The molecule has 0 aliphatic carbocycles.